The summed E-state index contributed by atoms with van der Waals surface area (Å²) in [5.74, 6) is -0.470. The molecule has 3 rings (SSSR count). The fourth-order valence-corrected chi connectivity index (χ4v) is 4.98. The predicted octanol–water partition coefficient (Wildman–Crippen LogP) is 2.84. The Morgan fingerprint density at radius 3 is 2.31 bits per heavy atom. The largest absolute Gasteiger partial charge is 0.450 e. The third-order valence-electron chi connectivity index (χ3n) is 6.28. The molecule has 0 aromatic heterocycles. The quantitative estimate of drug-likeness (QED) is 0.650. The lowest BCUT2D eigenvalue weighted by Crippen LogP contribution is -2.56. The van der Waals surface area contributed by atoms with Gasteiger partial charge in [0.1, 0.15) is 24.4 Å². The van der Waals surface area contributed by atoms with Crippen molar-refractivity contribution in [2.75, 3.05) is 19.7 Å². The van der Waals surface area contributed by atoms with Gasteiger partial charge < -0.3 is 19.3 Å². The maximum atomic E-state index is 13.8. The maximum Gasteiger partial charge on any atom is 0.411 e. The van der Waals surface area contributed by atoms with Gasteiger partial charge in [-0.3, -0.25) is 9.69 Å². The zero-order valence-corrected chi connectivity index (χ0v) is 19.3. The van der Waals surface area contributed by atoms with Crippen LogP contribution >= 0.6 is 0 Å². The summed E-state index contributed by atoms with van der Waals surface area (Å²) < 4.78 is 24.6. The molecule has 9 nitrogen and oxygen atoms in total. The molecule has 0 aliphatic carbocycles. The van der Waals surface area contributed by atoms with Gasteiger partial charge in [0.25, 0.3) is 0 Å². The molecule has 0 spiro atoms. The second-order valence-corrected chi connectivity index (χ2v) is 9.75. The fourth-order valence-electron chi connectivity index (χ4n) is 4.98. The van der Waals surface area contributed by atoms with Crippen molar-refractivity contribution in [1.82, 2.24) is 14.7 Å². The van der Waals surface area contributed by atoms with E-state index in [1.165, 1.54) is 9.80 Å². The summed E-state index contributed by atoms with van der Waals surface area (Å²) in [5.41, 5.74) is -0.754. The van der Waals surface area contributed by atoms with Crippen LogP contribution in [0.25, 0.3) is 0 Å². The van der Waals surface area contributed by atoms with E-state index in [2.05, 4.69) is 0 Å². The molecule has 32 heavy (non-hydrogen) atoms. The SMILES string of the molecule is CCOC(=O)N1C2CCC1CC(N(CC(=O)N1CC(F)CC1C#N)C(=O)OC(C)(C)C)C2. The number of ether oxygens (including phenoxy) is 2. The fraction of sp³-hybridized carbons (Fsp3) is 0.818. The zero-order valence-electron chi connectivity index (χ0n) is 19.3. The number of rotatable bonds is 4. The molecular formula is C22H33FN4O5. The summed E-state index contributed by atoms with van der Waals surface area (Å²) in [6, 6.07) is 0.680. The Bertz CT molecular complexity index is 765. The van der Waals surface area contributed by atoms with Crippen molar-refractivity contribution >= 4 is 18.1 Å². The van der Waals surface area contributed by atoms with Crippen molar-refractivity contribution in [3.05, 3.63) is 0 Å². The van der Waals surface area contributed by atoms with Crippen molar-refractivity contribution in [3.63, 3.8) is 0 Å². The van der Waals surface area contributed by atoms with Crippen molar-refractivity contribution in [3.8, 4) is 6.07 Å². The molecule has 178 valence electrons. The smallest absolute Gasteiger partial charge is 0.411 e. The van der Waals surface area contributed by atoms with E-state index in [0.29, 0.717) is 19.4 Å². The van der Waals surface area contributed by atoms with E-state index in [0.717, 1.165) is 12.8 Å². The first-order chi connectivity index (χ1) is 15.0. The molecule has 4 atom stereocenters. The van der Waals surface area contributed by atoms with Crippen molar-refractivity contribution < 1.29 is 28.2 Å². The Hall–Kier alpha value is -2.57. The number of amides is 3. The van der Waals surface area contributed by atoms with Crippen LogP contribution in [0.4, 0.5) is 14.0 Å². The van der Waals surface area contributed by atoms with Crippen molar-refractivity contribution in [1.29, 1.82) is 5.26 Å². The molecule has 3 aliphatic heterocycles. The molecule has 0 aromatic carbocycles. The molecule has 0 saturated carbocycles. The van der Waals surface area contributed by atoms with Crippen molar-refractivity contribution in [2.45, 2.75) is 95.7 Å². The van der Waals surface area contributed by atoms with Crippen LogP contribution in [0, 0.1) is 11.3 Å². The Kier molecular flexibility index (Phi) is 7.16. The molecule has 3 aliphatic rings. The summed E-state index contributed by atoms with van der Waals surface area (Å²) in [6.07, 6.45) is 0.402. The minimum atomic E-state index is -1.25. The highest BCUT2D eigenvalue weighted by atomic mass is 19.1. The van der Waals surface area contributed by atoms with Gasteiger partial charge in [0.2, 0.25) is 5.91 Å². The molecule has 0 radical (unpaired) electrons. The first-order valence-corrected chi connectivity index (χ1v) is 11.3. The first-order valence-electron chi connectivity index (χ1n) is 11.3. The highest BCUT2D eigenvalue weighted by Crippen LogP contribution is 2.38. The van der Waals surface area contributed by atoms with Gasteiger partial charge in [-0.2, -0.15) is 5.26 Å². The molecular weight excluding hydrogens is 419 g/mol. The second kappa shape index (κ2) is 9.51. The Labute approximate surface area is 188 Å². The van der Waals surface area contributed by atoms with Crippen LogP contribution in [-0.4, -0.2) is 88.4 Å². The summed E-state index contributed by atoms with van der Waals surface area (Å²) in [7, 11) is 0. The second-order valence-electron chi connectivity index (χ2n) is 9.75. The maximum absolute atomic E-state index is 13.8. The lowest BCUT2D eigenvalue weighted by atomic mass is 9.96. The highest BCUT2D eigenvalue weighted by Gasteiger charge is 2.47. The molecule has 10 heteroatoms. The van der Waals surface area contributed by atoms with Gasteiger partial charge in [0.15, 0.2) is 0 Å². The van der Waals surface area contributed by atoms with Crippen LogP contribution in [-0.2, 0) is 14.3 Å². The summed E-state index contributed by atoms with van der Waals surface area (Å²) in [4.78, 5) is 42.8. The van der Waals surface area contributed by atoms with Gasteiger partial charge in [-0.25, -0.2) is 14.0 Å². The zero-order chi connectivity index (χ0) is 23.6. The van der Waals surface area contributed by atoms with Crippen LogP contribution in [0.15, 0.2) is 0 Å². The molecule has 3 amide bonds. The number of nitriles is 1. The number of piperidine rings is 1. The Morgan fingerprint density at radius 1 is 1.16 bits per heavy atom. The monoisotopic (exact) mass is 452 g/mol. The van der Waals surface area contributed by atoms with Crippen LogP contribution in [0.3, 0.4) is 0 Å². The third kappa shape index (κ3) is 5.25. The van der Waals surface area contributed by atoms with Crippen LogP contribution in [0.2, 0.25) is 0 Å². The van der Waals surface area contributed by atoms with Gasteiger partial charge in [-0.05, 0) is 53.4 Å². The predicted molar refractivity (Wildman–Crippen MR) is 112 cm³/mol. The number of hydrogen-bond donors (Lipinski definition) is 0. The van der Waals surface area contributed by atoms with Gasteiger partial charge >= 0.3 is 12.2 Å². The van der Waals surface area contributed by atoms with E-state index in [1.54, 1.807) is 32.6 Å². The van der Waals surface area contributed by atoms with Crippen molar-refractivity contribution in [2.24, 2.45) is 0 Å². The van der Waals surface area contributed by atoms with E-state index in [1.807, 2.05) is 6.07 Å². The van der Waals surface area contributed by atoms with E-state index in [4.69, 9.17) is 9.47 Å². The molecule has 2 bridgehead atoms. The number of fused-ring (bicyclic) bond motifs is 2. The average Bonchev–Trinajstić information content (AvgIpc) is 3.21. The number of halogens is 1. The average molecular weight is 453 g/mol. The van der Waals surface area contributed by atoms with Gasteiger partial charge in [-0.1, -0.05) is 0 Å². The normalized spacial score (nSPS) is 29.4. The molecule has 4 unspecified atom stereocenters. The van der Waals surface area contributed by atoms with Crippen LogP contribution in [0.5, 0.6) is 0 Å². The number of nitrogens with zero attached hydrogens (tertiary/aromatic N) is 4. The number of carbonyl (C=O) groups excluding carboxylic acids is 3. The topological polar surface area (TPSA) is 103 Å². The lowest BCUT2D eigenvalue weighted by Gasteiger charge is -2.42. The van der Waals surface area contributed by atoms with Gasteiger partial charge in [-0.15, -0.1) is 0 Å². The number of hydrogen-bond acceptors (Lipinski definition) is 6. The molecule has 0 N–H and O–H groups in total. The van der Waals surface area contributed by atoms with Gasteiger partial charge in [0.05, 0.1) is 19.2 Å². The minimum absolute atomic E-state index is 0.0171. The third-order valence-corrected chi connectivity index (χ3v) is 6.28. The standard InChI is InChI=1S/C22H33FN4O5/c1-5-31-21(30)27-15-6-7-16(27)10-17(9-15)26(20(29)32-22(2,3)4)13-19(28)25-12-14(23)8-18(25)11-24/h14-18H,5-10,12-13H2,1-4H3. The Balaban J connectivity index is 1.77. The molecule has 0 aromatic rings. The summed E-state index contributed by atoms with van der Waals surface area (Å²) in [6.45, 7) is 6.86. The summed E-state index contributed by atoms with van der Waals surface area (Å²) in [5, 5.41) is 9.29. The summed E-state index contributed by atoms with van der Waals surface area (Å²) >= 11 is 0. The number of likely N-dealkylation sites (tertiary alicyclic amines) is 1. The molecule has 3 heterocycles. The first kappa shape index (κ1) is 24.1. The number of carbonyl (C=O) groups is 3. The Morgan fingerprint density at radius 2 is 1.78 bits per heavy atom. The van der Waals surface area contributed by atoms with E-state index < -0.39 is 29.8 Å². The van der Waals surface area contributed by atoms with Gasteiger partial charge in [0, 0.05) is 24.5 Å². The van der Waals surface area contributed by atoms with E-state index >= 15 is 0 Å². The minimum Gasteiger partial charge on any atom is -0.450 e. The van der Waals surface area contributed by atoms with E-state index in [9.17, 15) is 24.0 Å². The van der Waals surface area contributed by atoms with Crippen LogP contribution < -0.4 is 0 Å². The van der Waals surface area contributed by atoms with Crippen LogP contribution in [0.1, 0.15) is 59.8 Å². The van der Waals surface area contributed by atoms with E-state index in [-0.39, 0.29) is 43.7 Å². The number of alkyl halides is 1. The molecule has 3 fully saturated rings. The highest BCUT2D eigenvalue weighted by molar-refractivity contribution is 5.83. The molecule has 3 saturated heterocycles. The lowest BCUT2D eigenvalue weighted by molar-refractivity contribution is -0.133.